The average Bonchev–Trinajstić information content (AvgIpc) is 2.51. The fourth-order valence-corrected chi connectivity index (χ4v) is 2.11. The van der Waals surface area contributed by atoms with Crippen molar-refractivity contribution in [1.82, 2.24) is 0 Å². The lowest BCUT2D eigenvalue weighted by molar-refractivity contribution is -0.118. The number of carbonyl (C=O) groups is 1. The van der Waals surface area contributed by atoms with E-state index in [2.05, 4.69) is 5.32 Å². The minimum atomic E-state index is -0.784. The van der Waals surface area contributed by atoms with Crippen molar-refractivity contribution in [3.8, 4) is 17.2 Å². The number of aryl methyl sites for hydroxylation is 1. The van der Waals surface area contributed by atoms with E-state index in [1.54, 1.807) is 12.1 Å². The van der Waals surface area contributed by atoms with Gasteiger partial charge in [-0.3, -0.25) is 4.79 Å². The molecule has 5 nitrogen and oxygen atoms in total. The van der Waals surface area contributed by atoms with Gasteiger partial charge in [-0.15, -0.1) is 0 Å². The molecule has 24 heavy (non-hydrogen) atoms. The molecular formula is C17H17F2NO4. The summed E-state index contributed by atoms with van der Waals surface area (Å²) in [5.74, 6) is -1.05. The lowest BCUT2D eigenvalue weighted by atomic mass is 10.2. The first kappa shape index (κ1) is 17.5. The highest BCUT2D eigenvalue weighted by Crippen LogP contribution is 2.38. The molecule has 0 radical (unpaired) electrons. The van der Waals surface area contributed by atoms with Gasteiger partial charge in [0.1, 0.15) is 11.6 Å². The maximum Gasteiger partial charge on any atom is 0.262 e. The summed E-state index contributed by atoms with van der Waals surface area (Å²) in [5.41, 5.74) is 0.902. The molecule has 1 N–H and O–H groups in total. The van der Waals surface area contributed by atoms with Crippen molar-refractivity contribution >= 4 is 11.6 Å². The number of anilines is 1. The van der Waals surface area contributed by atoms with Crippen LogP contribution in [0, 0.1) is 18.6 Å². The van der Waals surface area contributed by atoms with Gasteiger partial charge in [0.25, 0.3) is 5.91 Å². The second kappa shape index (κ2) is 7.63. The molecule has 0 heterocycles. The van der Waals surface area contributed by atoms with Gasteiger partial charge in [0.15, 0.2) is 18.1 Å². The number of halogens is 2. The Balaban J connectivity index is 2.09. The largest absolute Gasteiger partial charge is 0.493 e. The molecule has 2 rings (SSSR count). The molecule has 0 saturated carbocycles. The van der Waals surface area contributed by atoms with Crippen LogP contribution in [0.4, 0.5) is 14.5 Å². The van der Waals surface area contributed by atoms with Gasteiger partial charge in [-0.2, -0.15) is 0 Å². The topological polar surface area (TPSA) is 56.8 Å². The number of carbonyl (C=O) groups excluding carboxylic acids is 1. The predicted molar refractivity (Wildman–Crippen MR) is 84.8 cm³/mol. The lowest BCUT2D eigenvalue weighted by Crippen LogP contribution is -2.20. The normalized spacial score (nSPS) is 10.2. The summed E-state index contributed by atoms with van der Waals surface area (Å²) in [4.78, 5) is 11.9. The van der Waals surface area contributed by atoms with E-state index in [9.17, 15) is 13.6 Å². The molecule has 0 aliphatic rings. The standard InChI is InChI=1S/C17H17F2NO4/c1-10-4-14(22-2)17(15(5-10)23-3)24-9-16(21)20-13-7-11(18)6-12(19)8-13/h4-8H,9H2,1-3H3,(H,20,21). The van der Waals surface area contributed by atoms with Gasteiger partial charge in [-0.05, 0) is 36.8 Å². The fraction of sp³-hybridized carbons (Fsp3) is 0.235. The monoisotopic (exact) mass is 337 g/mol. The summed E-state index contributed by atoms with van der Waals surface area (Å²) in [7, 11) is 2.94. The molecule has 0 spiro atoms. The summed E-state index contributed by atoms with van der Waals surface area (Å²) < 4.78 is 42.1. The first-order valence-electron chi connectivity index (χ1n) is 7.04. The van der Waals surface area contributed by atoms with Gasteiger partial charge >= 0.3 is 0 Å². The summed E-state index contributed by atoms with van der Waals surface area (Å²) in [6, 6.07) is 6.20. The van der Waals surface area contributed by atoms with E-state index < -0.39 is 17.5 Å². The zero-order chi connectivity index (χ0) is 17.7. The molecular weight excluding hydrogens is 320 g/mol. The molecule has 0 aromatic heterocycles. The molecule has 0 fully saturated rings. The number of methoxy groups -OCH3 is 2. The van der Waals surface area contributed by atoms with E-state index in [0.29, 0.717) is 17.6 Å². The molecule has 0 aliphatic carbocycles. The van der Waals surface area contributed by atoms with Crippen molar-refractivity contribution in [2.24, 2.45) is 0 Å². The number of ether oxygens (including phenoxy) is 3. The Morgan fingerprint density at radius 1 is 1.00 bits per heavy atom. The van der Waals surface area contributed by atoms with Crippen LogP contribution in [0.3, 0.4) is 0 Å². The second-order valence-corrected chi connectivity index (χ2v) is 4.99. The molecule has 1 amide bonds. The molecule has 0 saturated heterocycles. The van der Waals surface area contributed by atoms with Crippen LogP contribution < -0.4 is 19.5 Å². The van der Waals surface area contributed by atoms with Gasteiger partial charge in [-0.25, -0.2) is 8.78 Å². The van der Waals surface area contributed by atoms with Crippen LogP contribution in [0.15, 0.2) is 30.3 Å². The number of amides is 1. The third kappa shape index (κ3) is 4.34. The van der Waals surface area contributed by atoms with Crippen LogP contribution in [0.25, 0.3) is 0 Å². The molecule has 0 atom stereocenters. The Labute approximate surface area is 138 Å². The summed E-state index contributed by atoms with van der Waals surface area (Å²) >= 11 is 0. The smallest absolute Gasteiger partial charge is 0.262 e. The Bertz CT molecular complexity index is 704. The highest BCUT2D eigenvalue weighted by atomic mass is 19.1. The van der Waals surface area contributed by atoms with E-state index >= 15 is 0 Å². The van der Waals surface area contributed by atoms with Crippen LogP contribution >= 0.6 is 0 Å². The fourth-order valence-electron chi connectivity index (χ4n) is 2.11. The predicted octanol–water partition coefficient (Wildman–Crippen LogP) is 3.31. The second-order valence-electron chi connectivity index (χ2n) is 4.99. The molecule has 2 aromatic carbocycles. The highest BCUT2D eigenvalue weighted by Gasteiger charge is 2.15. The Hall–Kier alpha value is -2.83. The zero-order valence-corrected chi connectivity index (χ0v) is 13.5. The third-order valence-corrected chi connectivity index (χ3v) is 3.10. The molecule has 0 aliphatic heterocycles. The van der Waals surface area contributed by atoms with Crippen molar-refractivity contribution in [3.05, 3.63) is 47.5 Å². The maximum absolute atomic E-state index is 13.1. The average molecular weight is 337 g/mol. The number of rotatable bonds is 6. The van der Waals surface area contributed by atoms with Crippen molar-refractivity contribution in [2.45, 2.75) is 6.92 Å². The van der Waals surface area contributed by atoms with Gasteiger partial charge in [-0.1, -0.05) is 0 Å². The third-order valence-electron chi connectivity index (χ3n) is 3.10. The highest BCUT2D eigenvalue weighted by molar-refractivity contribution is 5.91. The van der Waals surface area contributed by atoms with E-state index in [4.69, 9.17) is 14.2 Å². The van der Waals surface area contributed by atoms with Gasteiger partial charge < -0.3 is 19.5 Å². The number of nitrogens with one attached hydrogen (secondary N) is 1. The minimum absolute atomic E-state index is 0.00364. The maximum atomic E-state index is 13.1. The zero-order valence-electron chi connectivity index (χ0n) is 13.5. The number of hydrogen-bond acceptors (Lipinski definition) is 4. The molecule has 2 aromatic rings. The SMILES string of the molecule is COc1cc(C)cc(OC)c1OCC(=O)Nc1cc(F)cc(F)c1. The van der Waals surface area contributed by atoms with Crippen molar-refractivity contribution < 1.29 is 27.8 Å². The van der Waals surface area contributed by atoms with Gasteiger partial charge in [0, 0.05) is 11.8 Å². The van der Waals surface area contributed by atoms with E-state index in [1.165, 1.54) is 14.2 Å². The van der Waals surface area contributed by atoms with Crippen molar-refractivity contribution in [3.63, 3.8) is 0 Å². The van der Waals surface area contributed by atoms with Crippen LogP contribution in [0.2, 0.25) is 0 Å². The minimum Gasteiger partial charge on any atom is -0.493 e. The summed E-state index contributed by atoms with van der Waals surface area (Å²) in [5, 5.41) is 2.35. The Morgan fingerprint density at radius 3 is 2.04 bits per heavy atom. The van der Waals surface area contributed by atoms with E-state index in [1.807, 2.05) is 6.92 Å². The Morgan fingerprint density at radius 2 is 1.54 bits per heavy atom. The van der Waals surface area contributed by atoms with E-state index in [0.717, 1.165) is 17.7 Å². The van der Waals surface area contributed by atoms with Gasteiger partial charge in [0.05, 0.1) is 14.2 Å². The molecule has 7 heteroatoms. The van der Waals surface area contributed by atoms with Crippen LogP contribution in [-0.2, 0) is 4.79 Å². The molecule has 0 bridgehead atoms. The van der Waals surface area contributed by atoms with Crippen molar-refractivity contribution in [2.75, 3.05) is 26.1 Å². The van der Waals surface area contributed by atoms with Crippen LogP contribution in [0.1, 0.15) is 5.56 Å². The first-order chi connectivity index (χ1) is 11.4. The lowest BCUT2D eigenvalue weighted by Gasteiger charge is -2.15. The molecule has 0 unspecified atom stereocenters. The summed E-state index contributed by atoms with van der Waals surface area (Å²) in [6.07, 6.45) is 0. The number of benzene rings is 2. The Kier molecular flexibility index (Phi) is 5.57. The first-order valence-corrected chi connectivity index (χ1v) is 7.04. The number of hydrogen-bond donors (Lipinski definition) is 1. The quantitative estimate of drug-likeness (QED) is 0.879. The van der Waals surface area contributed by atoms with Crippen molar-refractivity contribution in [1.29, 1.82) is 0 Å². The van der Waals surface area contributed by atoms with Crippen LogP contribution in [-0.4, -0.2) is 26.7 Å². The summed E-state index contributed by atoms with van der Waals surface area (Å²) in [6.45, 7) is 1.48. The van der Waals surface area contributed by atoms with Gasteiger partial charge in [0.2, 0.25) is 5.75 Å². The molecule has 128 valence electrons. The van der Waals surface area contributed by atoms with E-state index in [-0.39, 0.29) is 18.0 Å². The van der Waals surface area contributed by atoms with Crippen LogP contribution in [0.5, 0.6) is 17.2 Å².